The van der Waals surface area contributed by atoms with Crippen molar-refractivity contribution in [2.24, 2.45) is 0 Å². The number of carboxylic acid groups (broad SMARTS) is 1. The van der Waals surface area contributed by atoms with E-state index in [2.05, 4.69) is 5.92 Å². The van der Waals surface area contributed by atoms with Crippen LogP contribution in [0.3, 0.4) is 0 Å². The summed E-state index contributed by atoms with van der Waals surface area (Å²) < 4.78 is 26.6. The van der Waals surface area contributed by atoms with Crippen molar-refractivity contribution < 1.29 is 18.3 Å². The van der Waals surface area contributed by atoms with Gasteiger partial charge in [-0.2, -0.15) is 4.31 Å². The van der Waals surface area contributed by atoms with Gasteiger partial charge in [0.05, 0.1) is 17.0 Å². The van der Waals surface area contributed by atoms with Crippen LogP contribution in [-0.2, 0) is 10.0 Å². The number of benzene rings is 1. The number of sulfonamides is 1. The molecule has 0 amide bonds. The zero-order valence-corrected chi connectivity index (χ0v) is 13.2. The monoisotopic (exact) mass is 309 g/mol. The van der Waals surface area contributed by atoms with Gasteiger partial charge in [0.1, 0.15) is 0 Å². The first-order valence-electron chi connectivity index (χ1n) is 6.53. The van der Waals surface area contributed by atoms with Gasteiger partial charge in [-0.25, -0.2) is 13.2 Å². The number of aryl methyl sites for hydroxylation is 1. The zero-order valence-electron chi connectivity index (χ0n) is 12.4. The molecule has 21 heavy (non-hydrogen) atoms. The van der Waals surface area contributed by atoms with Gasteiger partial charge < -0.3 is 5.11 Å². The second-order valence-electron chi connectivity index (χ2n) is 4.76. The fourth-order valence-corrected chi connectivity index (χ4v) is 3.76. The summed E-state index contributed by atoms with van der Waals surface area (Å²) in [5, 5.41) is 9.09. The number of aromatic carboxylic acids is 1. The molecular formula is C15H19NO4S. The Hall–Kier alpha value is -1.84. The summed E-state index contributed by atoms with van der Waals surface area (Å²) in [6, 6.07) is 2.65. The smallest absolute Gasteiger partial charge is 0.335 e. The molecule has 0 spiro atoms. The quantitative estimate of drug-likeness (QED) is 0.816. The van der Waals surface area contributed by atoms with Crippen LogP contribution in [0.25, 0.3) is 0 Å². The lowest BCUT2D eigenvalue weighted by Gasteiger charge is -2.21. The van der Waals surface area contributed by atoms with Gasteiger partial charge in [0, 0.05) is 6.54 Å². The molecule has 1 N–H and O–H groups in total. The maximum absolute atomic E-state index is 12.7. The minimum atomic E-state index is -3.81. The molecule has 0 aliphatic carbocycles. The zero-order chi connectivity index (χ0) is 16.2. The average Bonchev–Trinajstić information content (AvgIpc) is 2.40. The lowest BCUT2D eigenvalue weighted by molar-refractivity contribution is 0.0696. The van der Waals surface area contributed by atoms with Crippen molar-refractivity contribution >= 4 is 16.0 Å². The van der Waals surface area contributed by atoms with Crippen molar-refractivity contribution in [2.45, 2.75) is 32.1 Å². The lowest BCUT2D eigenvalue weighted by atomic mass is 10.1. The Morgan fingerprint density at radius 2 is 2.00 bits per heavy atom. The first-order chi connectivity index (χ1) is 9.75. The predicted octanol–water partition coefficient (Wildman–Crippen LogP) is 2.04. The fraction of sp³-hybridized carbons (Fsp3) is 0.400. The number of carbonyl (C=O) groups is 1. The van der Waals surface area contributed by atoms with Crippen molar-refractivity contribution in [3.8, 4) is 12.3 Å². The third-order valence-electron chi connectivity index (χ3n) is 3.23. The van der Waals surface area contributed by atoms with Crippen LogP contribution >= 0.6 is 0 Å². The first kappa shape index (κ1) is 17.2. The van der Waals surface area contributed by atoms with Gasteiger partial charge in [-0.3, -0.25) is 0 Å². The minimum Gasteiger partial charge on any atom is -0.478 e. The van der Waals surface area contributed by atoms with Crippen LogP contribution in [-0.4, -0.2) is 36.9 Å². The molecule has 0 aliphatic rings. The van der Waals surface area contributed by atoms with Crippen molar-refractivity contribution in [1.82, 2.24) is 4.31 Å². The molecule has 1 aromatic rings. The number of rotatable bonds is 6. The Labute approximate surface area is 125 Å². The summed E-state index contributed by atoms with van der Waals surface area (Å²) in [4.78, 5) is 11.1. The number of hydrogen-bond acceptors (Lipinski definition) is 3. The Morgan fingerprint density at radius 1 is 1.38 bits per heavy atom. The first-order valence-corrected chi connectivity index (χ1v) is 7.97. The summed E-state index contributed by atoms with van der Waals surface area (Å²) >= 11 is 0. The number of hydrogen-bond donors (Lipinski definition) is 1. The van der Waals surface area contributed by atoms with E-state index < -0.39 is 16.0 Å². The maximum atomic E-state index is 12.7. The van der Waals surface area contributed by atoms with Crippen LogP contribution in [0, 0.1) is 26.2 Å². The molecule has 5 nitrogen and oxygen atoms in total. The third kappa shape index (κ3) is 3.63. The van der Waals surface area contributed by atoms with Crippen LogP contribution in [0.4, 0.5) is 0 Å². The van der Waals surface area contributed by atoms with E-state index >= 15 is 0 Å². The average molecular weight is 309 g/mol. The highest BCUT2D eigenvalue weighted by Crippen LogP contribution is 2.24. The largest absolute Gasteiger partial charge is 0.478 e. The van der Waals surface area contributed by atoms with E-state index in [0.29, 0.717) is 24.1 Å². The van der Waals surface area contributed by atoms with Gasteiger partial charge in [0.25, 0.3) is 0 Å². The van der Waals surface area contributed by atoms with Crippen molar-refractivity contribution in [3.63, 3.8) is 0 Å². The Kier molecular flexibility index (Phi) is 5.53. The lowest BCUT2D eigenvalue weighted by Crippen LogP contribution is -2.33. The Bertz CT molecular complexity index is 686. The van der Waals surface area contributed by atoms with Crippen LogP contribution < -0.4 is 0 Å². The van der Waals surface area contributed by atoms with Crippen molar-refractivity contribution in [3.05, 3.63) is 28.8 Å². The van der Waals surface area contributed by atoms with Crippen LogP contribution in [0.1, 0.15) is 34.8 Å². The summed E-state index contributed by atoms with van der Waals surface area (Å²) in [6.07, 6.45) is 5.85. The second-order valence-corrected chi connectivity index (χ2v) is 6.67. The third-order valence-corrected chi connectivity index (χ3v) is 5.20. The van der Waals surface area contributed by atoms with Gasteiger partial charge in [-0.15, -0.1) is 6.42 Å². The van der Waals surface area contributed by atoms with E-state index in [1.165, 1.54) is 16.4 Å². The molecule has 0 heterocycles. The number of carboxylic acids is 1. The van der Waals surface area contributed by atoms with Crippen LogP contribution in [0.2, 0.25) is 0 Å². The highest BCUT2D eigenvalue weighted by atomic mass is 32.2. The Morgan fingerprint density at radius 3 is 2.48 bits per heavy atom. The van der Waals surface area contributed by atoms with Crippen LogP contribution in [0.15, 0.2) is 17.0 Å². The van der Waals surface area contributed by atoms with Gasteiger partial charge >= 0.3 is 5.97 Å². The van der Waals surface area contributed by atoms with Crippen molar-refractivity contribution in [2.75, 3.05) is 13.1 Å². The molecule has 0 atom stereocenters. The Balaban J connectivity index is 3.49. The SMILES string of the molecule is C#CCN(CCC)S(=O)(=O)c1cc(C(=O)O)cc(C)c1C. The molecule has 0 aliphatic heterocycles. The van der Waals surface area contributed by atoms with Gasteiger partial charge in [-0.05, 0) is 43.5 Å². The molecule has 1 aromatic carbocycles. The topological polar surface area (TPSA) is 74.7 Å². The molecule has 0 unspecified atom stereocenters. The number of nitrogens with zero attached hydrogens (tertiary/aromatic N) is 1. The molecule has 0 fully saturated rings. The molecule has 6 heteroatoms. The van der Waals surface area contributed by atoms with E-state index in [-0.39, 0.29) is 17.0 Å². The molecule has 0 aromatic heterocycles. The summed E-state index contributed by atoms with van der Waals surface area (Å²) in [5.41, 5.74) is 1.11. The second kappa shape index (κ2) is 6.74. The molecule has 0 saturated heterocycles. The standard InChI is InChI=1S/C15H19NO4S/c1-5-7-16(8-6-2)21(19,20)14-10-13(15(17)18)9-11(3)12(14)4/h1,9-10H,6-8H2,2-4H3,(H,17,18). The highest BCUT2D eigenvalue weighted by Gasteiger charge is 2.26. The molecule has 0 bridgehead atoms. The fourth-order valence-electron chi connectivity index (χ4n) is 1.99. The van der Waals surface area contributed by atoms with Gasteiger partial charge in [-0.1, -0.05) is 12.8 Å². The summed E-state index contributed by atoms with van der Waals surface area (Å²) in [5.74, 6) is 1.17. The minimum absolute atomic E-state index is 0.00333. The van der Waals surface area contributed by atoms with E-state index in [1.54, 1.807) is 13.8 Å². The normalized spacial score (nSPS) is 11.4. The summed E-state index contributed by atoms with van der Waals surface area (Å²) in [7, 11) is -3.81. The molecule has 1 rings (SSSR count). The highest BCUT2D eigenvalue weighted by molar-refractivity contribution is 7.89. The molecule has 0 saturated carbocycles. The number of terminal acetylenes is 1. The predicted molar refractivity (Wildman–Crippen MR) is 80.8 cm³/mol. The van der Waals surface area contributed by atoms with Crippen molar-refractivity contribution in [1.29, 1.82) is 0 Å². The maximum Gasteiger partial charge on any atom is 0.335 e. The van der Waals surface area contributed by atoms with Gasteiger partial charge in [0.2, 0.25) is 10.0 Å². The van der Waals surface area contributed by atoms with E-state index in [1.807, 2.05) is 6.92 Å². The molecular weight excluding hydrogens is 290 g/mol. The summed E-state index contributed by atoms with van der Waals surface area (Å²) in [6.45, 7) is 5.46. The van der Waals surface area contributed by atoms with Crippen LogP contribution in [0.5, 0.6) is 0 Å². The van der Waals surface area contributed by atoms with E-state index in [9.17, 15) is 13.2 Å². The van der Waals surface area contributed by atoms with E-state index in [4.69, 9.17) is 11.5 Å². The van der Waals surface area contributed by atoms with Gasteiger partial charge in [0.15, 0.2) is 0 Å². The van der Waals surface area contributed by atoms with E-state index in [0.717, 1.165) is 0 Å². The molecule has 0 radical (unpaired) electrons. The molecule has 114 valence electrons.